The fourth-order valence-corrected chi connectivity index (χ4v) is 2.51. The Hall–Kier alpha value is -1.07. The summed E-state index contributed by atoms with van der Waals surface area (Å²) < 4.78 is 12.8. The summed E-state index contributed by atoms with van der Waals surface area (Å²) in [6, 6.07) is 0. The minimum atomic E-state index is -0.705. The molecule has 2 heterocycles. The van der Waals surface area contributed by atoms with Crippen LogP contribution in [0.3, 0.4) is 0 Å². The maximum absolute atomic E-state index is 10.6. The van der Waals surface area contributed by atoms with Crippen molar-refractivity contribution in [3.63, 3.8) is 0 Å². The van der Waals surface area contributed by atoms with Gasteiger partial charge in [-0.15, -0.1) is 0 Å². The number of aliphatic hydroxyl groups is 1. The van der Waals surface area contributed by atoms with Crippen LogP contribution < -0.4 is 4.74 Å². The average molecular weight is 254 g/mol. The molecule has 1 aliphatic rings. The fraction of sp³-hybridized carbons (Fsp3) is 0.769. The van der Waals surface area contributed by atoms with Gasteiger partial charge in [0, 0.05) is 13.2 Å². The molecule has 1 saturated heterocycles. The summed E-state index contributed by atoms with van der Waals surface area (Å²) in [6.07, 6.45) is 3.75. The van der Waals surface area contributed by atoms with Crippen molar-refractivity contribution >= 4 is 0 Å². The first-order chi connectivity index (χ1) is 8.62. The third-order valence-corrected chi connectivity index (χ3v) is 3.59. The van der Waals surface area contributed by atoms with E-state index in [1.807, 2.05) is 11.6 Å². The number of aliphatic hydroxyl groups excluding tert-OH is 1. The van der Waals surface area contributed by atoms with E-state index in [1.165, 1.54) is 0 Å². The lowest BCUT2D eigenvalue weighted by Crippen LogP contribution is -2.33. The third kappa shape index (κ3) is 2.24. The van der Waals surface area contributed by atoms with Crippen LogP contribution in [0.1, 0.15) is 44.9 Å². The van der Waals surface area contributed by atoms with Crippen molar-refractivity contribution in [3.05, 3.63) is 11.9 Å². The molecule has 102 valence electrons. The standard InChI is InChI=1S/C13H22N2O3/c1-4-7-15-11(10(17-3)9-14-15)12(16)13(2)6-5-8-18-13/h9,12,16H,4-8H2,1-3H3. The molecule has 18 heavy (non-hydrogen) atoms. The molecule has 1 fully saturated rings. The molecule has 1 aromatic heterocycles. The molecule has 2 unspecified atom stereocenters. The van der Waals surface area contributed by atoms with Gasteiger partial charge in [-0.25, -0.2) is 0 Å². The maximum atomic E-state index is 10.6. The highest BCUT2D eigenvalue weighted by Gasteiger charge is 2.41. The molecular weight excluding hydrogens is 232 g/mol. The molecule has 0 bridgehead atoms. The lowest BCUT2D eigenvalue weighted by Gasteiger charge is -2.30. The van der Waals surface area contributed by atoms with Gasteiger partial charge in [-0.3, -0.25) is 4.68 Å². The molecule has 2 rings (SSSR count). The SMILES string of the molecule is CCCn1ncc(OC)c1C(O)C1(C)CCCO1. The first-order valence-electron chi connectivity index (χ1n) is 6.54. The predicted molar refractivity (Wildman–Crippen MR) is 67.6 cm³/mol. The summed E-state index contributed by atoms with van der Waals surface area (Å²) in [7, 11) is 1.60. The lowest BCUT2D eigenvalue weighted by atomic mass is 9.93. The number of rotatable bonds is 5. The summed E-state index contributed by atoms with van der Waals surface area (Å²) in [5, 5.41) is 14.9. The van der Waals surface area contributed by atoms with E-state index in [4.69, 9.17) is 9.47 Å². The van der Waals surface area contributed by atoms with Gasteiger partial charge in [0.15, 0.2) is 5.75 Å². The van der Waals surface area contributed by atoms with Gasteiger partial charge >= 0.3 is 0 Å². The smallest absolute Gasteiger partial charge is 0.162 e. The summed E-state index contributed by atoms with van der Waals surface area (Å²) in [6.45, 7) is 5.51. The van der Waals surface area contributed by atoms with Crippen LogP contribution >= 0.6 is 0 Å². The van der Waals surface area contributed by atoms with Crippen molar-refractivity contribution in [2.45, 2.75) is 51.4 Å². The first kappa shape index (κ1) is 13.4. The Kier molecular flexibility index (Phi) is 3.92. The van der Waals surface area contributed by atoms with Gasteiger partial charge in [-0.2, -0.15) is 5.10 Å². The van der Waals surface area contributed by atoms with Crippen molar-refractivity contribution in [2.75, 3.05) is 13.7 Å². The number of ether oxygens (including phenoxy) is 2. The molecule has 0 aliphatic carbocycles. The topological polar surface area (TPSA) is 56.5 Å². The van der Waals surface area contributed by atoms with Crippen molar-refractivity contribution < 1.29 is 14.6 Å². The van der Waals surface area contributed by atoms with Gasteiger partial charge < -0.3 is 14.6 Å². The molecule has 1 aromatic rings. The quantitative estimate of drug-likeness (QED) is 0.872. The van der Waals surface area contributed by atoms with Crippen molar-refractivity contribution in [3.8, 4) is 5.75 Å². The number of nitrogens with zero attached hydrogens (tertiary/aromatic N) is 2. The second kappa shape index (κ2) is 5.28. The largest absolute Gasteiger partial charge is 0.493 e. The molecular formula is C13H22N2O3. The lowest BCUT2D eigenvalue weighted by molar-refractivity contribution is -0.0836. The summed E-state index contributed by atoms with van der Waals surface area (Å²) in [5.74, 6) is 0.632. The minimum Gasteiger partial charge on any atom is -0.493 e. The highest BCUT2D eigenvalue weighted by Crippen LogP contribution is 2.40. The zero-order valence-electron chi connectivity index (χ0n) is 11.3. The normalized spacial score (nSPS) is 25.3. The zero-order chi connectivity index (χ0) is 13.2. The summed E-state index contributed by atoms with van der Waals surface area (Å²) in [4.78, 5) is 0. The van der Waals surface area contributed by atoms with Gasteiger partial charge in [-0.1, -0.05) is 6.92 Å². The highest BCUT2D eigenvalue weighted by atomic mass is 16.5. The molecule has 2 atom stereocenters. The van der Waals surface area contributed by atoms with E-state index in [0.29, 0.717) is 12.4 Å². The maximum Gasteiger partial charge on any atom is 0.162 e. The third-order valence-electron chi connectivity index (χ3n) is 3.59. The Morgan fingerprint density at radius 1 is 1.67 bits per heavy atom. The van der Waals surface area contributed by atoms with E-state index < -0.39 is 11.7 Å². The molecule has 5 heteroatoms. The highest BCUT2D eigenvalue weighted by molar-refractivity contribution is 5.29. The summed E-state index contributed by atoms with van der Waals surface area (Å²) in [5.41, 5.74) is 0.197. The van der Waals surface area contributed by atoms with E-state index in [9.17, 15) is 5.11 Å². The number of aryl methyl sites for hydroxylation is 1. The fourth-order valence-electron chi connectivity index (χ4n) is 2.51. The van der Waals surface area contributed by atoms with Crippen LogP contribution in [-0.4, -0.2) is 34.2 Å². The molecule has 0 spiro atoms. The van der Waals surface area contributed by atoms with Crippen LogP contribution in [0.4, 0.5) is 0 Å². The second-order valence-electron chi connectivity index (χ2n) is 4.99. The van der Waals surface area contributed by atoms with Gasteiger partial charge in [0.2, 0.25) is 0 Å². The molecule has 0 amide bonds. The van der Waals surface area contributed by atoms with Crippen LogP contribution in [0.5, 0.6) is 5.75 Å². The Bertz CT molecular complexity index is 397. The number of methoxy groups -OCH3 is 1. The van der Waals surface area contributed by atoms with Gasteiger partial charge in [0.25, 0.3) is 0 Å². The van der Waals surface area contributed by atoms with Crippen LogP contribution in [0.2, 0.25) is 0 Å². The molecule has 5 nitrogen and oxygen atoms in total. The van der Waals surface area contributed by atoms with Gasteiger partial charge in [0.05, 0.1) is 18.9 Å². The predicted octanol–water partition coefficient (Wildman–Crippen LogP) is 1.90. The molecule has 0 radical (unpaired) electrons. The van der Waals surface area contributed by atoms with Gasteiger partial charge in [-0.05, 0) is 26.2 Å². The number of hydrogen-bond acceptors (Lipinski definition) is 4. The average Bonchev–Trinajstić information content (AvgIpc) is 2.96. The van der Waals surface area contributed by atoms with Crippen LogP contribution in [-0.2, 0) is 11.3 Å². The van der Waals surface area contributed by atoms with Crippen LogP contribution in [0.15, 0.2) is 6.20 Å². The van der Waals surface area contributed by atoms with Crippen molar-refractivity contribution in [1.29, 1.82) is 0 Å². The van der Waals surface area contributed by atoms with E-state index in [-0.39, 0.29) is 0 Å². The Morgan fingerprint density at radius 3 is 3.00 bits per heavy atom. The van der Waals surface area contributed by atoms with Crippen LogP contribution in [0.25, 0.3) is 0 Å². The Labute approximate surface area is 108 Å². The van der Waals surface area contributed by atoms with Crippen molar-refractivity contribution in [2.24, 2.45) is 0 Å². The van der Waals surface area contributed by atoms with E-state index in [1.54, 1.807) is 13.3 Å². The van der Waals surface area contributed by atoms with Gasteiger partial charge in [0.1, 0.15) is 11.8 Å². The molecule has 0 aromatic carbocycles. The second-order valence-corrected chi connectivity index (χ2v) is 4.99. The van der Waals surface area contributed by atoms with E-state index in [0.717, 1.165) is 31.5 Å². The Balaban J connectivity index is 2.32. The van der Waals surface area contributed by atoms with Crippen LogP contribution in [0, 0.1) is 0 Å². The molecule has 1 aliphatic heterocycles. The Morgan fingerprint density at radius 2 is 2.44 bits per heavy atom. The monoisotopic (exact) mass is 254 g/mol. The number of aromatic nitrogens is 2. The van der Waals surface area contributed by atoms with Crippen molar-refractivity contribution in [1.82, 2.24) is 9.78 Å². The molecule has 1 N–H and O–H groups in total. The minimum absolute atomic E-state index is 0.529. The van der Waals surface area contributed by atoms with E-state index >= 15 is 0 Å². The number of hydrogen-bond donors (Lipinski definition) is 1. The summed E-state index contributed by atoms with van der Waals surface area (Å²) >= 11 is 0. The first-order valence-corrected chi connectivity index (χ1v) is 6.54. The zero-order valence-corrected chi connectivity index (χ0v) is 11.3. The molecule has 0 saturated carbocycles. The van der Waals surface area contributed by atoms with E-state index in [2.05, 4.69) is 12.0 Å².